The second kappa shape index (κ2) is 6.97. The second-order valence-electron chi connectivity index (χ2n) is 5.46. The summed E-state index contributed by atoms with van der Waals surface area (Å²) in [5.74, 6) is -0.302. The van der Waals surface area contributed by atoms with Gasteiger partial charge in [0.2, 0.25) is 0 Å². The Morgan fingerprint density at radius 2 is 2.12 bits per heavy atom. The zero-order chi connectivity index (χ0) is 16.9. The number of nitrogens with zero attached hydrogens (tertiary/aromatic N) is 2. The lowest BCUT2D eigenvalue weighted by atomic mass is 10.1. The summed E-state index contributed by atoms with van der Waals surface area (Å²) in [6.07, 6.45) is 0.894. The number of nitrogens with one attached hydrogen (secondary N) is 1. The summed E-state index contributed by atoms with van der Waals surface area (Å²) in [5, 5.41) is 9.37. The van der Waals surface area contributed by atoms with Gasteiger partial charge in [0.25, 0.3) is 0 Å². The SMILES string of the molecule is CCc1cccc(OCC(=O)C(C#N)c2nc3ccccc3[nH]2)c1. The lowest BCUT2D eigenvalue weighted by Gasteiger charge is -2.09. The van der Waals surface area contributed by atoms with E-state index < -0.39 is 5.92 Å². The lowest BCUT2D eigenvalue weighted by molar-refractivity contribution is -0.121. The molecule has 1 aromatic heterocycles. The van der Waals surface area contributed by atoms with Crippen molar-refractivity contribution in [2.45, 2.75) is 19.3 Å². The van der Waals surface area contributed by atoms with Gasteiger partial charge >= 0.3 is 0 Å². The maximum Gasteiger partial charge on any atom is 0.194 e. The standard InChI is InChI=1S/C19H17N3O2/c1-2-13-6-5-7-14(10-13)24-12-18(23)15(11-20)19-21-16-8-3-4-9-17(16)22-19/h3-10,15H,2,12H2,1H3,(H,21,22). The zero-order valence-corrected chi connectivity index (χ0v) is 13.3. The molecule has 0 bridgehead atoms. The fourth-order valence-corrected chi connectivity index (χ4v) is 2.49. The van der Waals surface area contributed by atoms with Crippen molar-refractivity contribution < 1.29 is 9.53 Å². The van der Waals surface area contributed by atoms with E-state index in [-0.39, 0.29) is 12.4 Å². The maximum atomic E-state index is 12.4. The molecule has 0 radical (unpaired) electrons. The van der Waals surface area contributed by atoms with Crippen LogP contribution in [0, 0.1) is 11.3 Å². The van der Waals surface area contributed by atoms with E-state index in [2.05, 4.69) is 16.9 Å². The van der Waals surface area contributed by atoms with Gasteiger partial charge in [-0.05, 0) is 36.2 Å². The Morgan fingerprint density at radius 3 is 2.88 bits per heavy atom. The molecule has 0 spiro atoms. The zero-order valence-electron chi connectivity index (χ0n) is 13.3. The molecule has 0 amide bonds. The number of H-pyrrole nitrogens is 1. The van der Waals surface area contributed by atoms with Gasteiger partial charge in [0.1, 0.15) is 18.2 Å². The summed E-state index contributed by atoms with van der Waals surface area (Å²) >= 11 is 0. The molecule has 2 aromatic carbocycles. The van der Waals surface area contributed by atoms with Gasteiger partial charge in [-0.2, -0.15) is 5.26 Å². The Labute approximate surface area is 139 Å². The summed E-state index contributed by atoms with van der Waals surface area (Å²) in [4.78, 5) is 19.7. The van der Waals surface area contributed by atoms with E-state index >= 15 is 0 Å². The van der Waals surface area contributed by atoms with E-state index in [4.69, 9.17) is 4.74 Å². The van der Waals surface area contributed by atoms with Crippen LogP contribution in [0.2, 0.25) is 0 Å². The molecule has 0 saturated carbocycles. The number of fused-ring (bicyclic) bond motifs is 1. The molecule has 1 atom stereocenters. The third-order valence-electron chi connectivity index (χ3n) is 3.82. The molecular formula is C19H17N3O2. The first-order chi connectivity index (χ1) is 11.7. The summed E-state index contributed by atoms with van der Waals surface area (Å²) in [6, 6.07) is 17.0. The minimum absolute atomic E-state index is 0.164. The van der Waals surface area contributed by atoms with Gasteiger partial charge in [-0.25, -0.2) is 4.98 Å². The van der Waals surface area contributed by atoms with Gasteiger partial charge in [-0.1, -0.05) is 31.2 Å². The topological polar surface area (TPSA) is 78.8 Å². The Morgan fingerprint density at radius 1 is 1.29 bits per heavy atom. The van der Waals surface area contributed by atoms with Crippen molar-refractivity contribution in [1.82, 2.24) is 9.97 Å². The third-order valence-corrected chi connectivity index (χ3v) is 3.82. The molecular weight excluding hydrogens is 302 g/mol. The quantitative estimate of drug-likeness (QED) is 0.755. The van der Waals surface area contributed by atoms with E-state index in [1.807, 2.05) is 48.5 Å². The van der Waals surface area contributed by atoms with Crippen LogP contribution in [0.3, 0.4) is 0 Å². The van der Waals surface area contributed by atoms with Gasteiger partial charge in [0, 0.05) is 0 Å². The van der Waals surface area contributed by atoms with E-state index in [0.717, 1.165) is 23.0 Å². The molecule has 1 N–H and O–H groups in total. The minimum Gasteiger partial charge on any atom is -0.486 e. The molecule has 3 aromatic rings. The number of ether oxygens (including phenoxy) is 1. The predicted molar refractivity (Wildman–Crippen MR) is 90.8 cm³/mol. The van der Waals surface area contributed by atoms with E-state index in [0.29, 0.717) is 11.6 Å². The predicted octanol–water partition coefficient (Wildman–Crippen LogP) is 3.38. The van der Waals surface area contributed by atoms with Crippen LogP contribution in [0.4, 0.5) is 0 Å². The summed E-state index contributed by atoms with van der Waals surface area (Å²) in [5.41, 5.74) is 2.67. The van der Waals surface area contributed by atoms with Crippen molar-refractivity contribution in [3.8, 4) is 11.8 Å². The van der Waals surface area contributed by atoms with E-state index in [1.54, 1.807) is 6.07 Å². The number of rotatable bonds is 6. The lowest BCUT2D eigenvalue weighted by Crippen LogP contribution is -2.20. The van der Waals surface area contributed by atoms with Gasteiger partial charge in [-0.15, -0.1) is 0 Å². The Hall–Kier alpha value is -3.13. The molecule has 24 heavy (non-hydrogen) atoms. The Bertz CT molecular complexity index is 875. The number of benzene rings is 2. The smallest absolute Gasteiger partial charge is 0.194 e. The second-order valence-corrected chi connectivity index (χ2v) is 5.46. The summed E-state index contributed by atoms with van der Waals surface area (Å²) < 4.78 is 5.55. The number of nitriles is 1. The molecule has 1 heterocycles. The number of aromatic nitrogens is 2. The normalized spacial score (nSPS) is 11.8. The molecule has 5 nitrogen and oxygen atoms in total. The van der Waals surface area contributed by atoms with E-state index in [1.165, 1.54) is 0 Å². The first-order valence-electron chi connectivity index (χ1n) is 7.80. The first-order valence-corrected chi connectivity index (χ1v) is 7.80. The maximum absolute atomic E-state index is 12.4. The fourth-order valence-electron chi connectivity index (χ4n) is 2.49. The number of Topliss-reactive ketones (excluding diaryl/α,β-unsaturated/α-hetero) is 1. The van der Waals surface area contributed by atoms with Crippen LogP contribution < -0.4 is 4.74 Å². The van der Waals surface area contributed by atoms with Crippen LogP contribution in [0.5, 0.6) is 5.75 Å². The largest absolute Gasteiger partial charge is 0.486 e. The van der Waals surface area contributed by atoms with E-state index in [9.17, 15) is 10.1 Å². The van der Waals surface area contributed by atoms with Gasteiger partial charge in [0.15, 0.2) is 11.7 Å². The van der Waals surface area contributed by atoms with Crippen molar-refractivity contribution in [2.75, 3.05) is 6.61 Å². The highest BCUT2D eigenvalue weighted by Gasteiger charge is 2.24. The highest BCUT2D eigenvalue weighted by Crippen LogP contribution is 2.19. The number of carbonyl (C=O) groups is 1. The number of para-hydroxylation sites is 2. The number of aryl methyl sites for hydroxylation is 1. The Kier molecular flexibility index (Phi) is 4.57. The van der Waals surface area contributed by atoms with Crippen molar-refractivity contribution in [3.63, 3.8) is 0 Å². The number of carbonyl (C=O) groups excluding carboxylic acids is 1. The molecule has 0 aliphatic rings. The molecule has 3 rings (SSSR count). The number of hydrogen-bond donors (Lipinski definition) is 1. The molecule has 120 valence electrons. The highest BCUT2D eigenvalue weighted by molar-refractivity contribution is 5.90. The van der Waals surface area contributed by atoms with Gasteiger partial charge in [0.05, 0.1) is 17.1 Å². The average molecular weight is 319 g/mol. The molecule has 0 aliphatic heterocycles. The Balaban J connectivity index is 1.73. The van der Waals surface area contributed by atoms with Gasteiger partial charge < -0.3 is 9.72 Å². The van der Waals surface area contributed by atoms with Crippen LogP contribution in [0.25, 0.3) is 11.0 Å². The number of ketones is 1. The first kappa shape index (κ1) is 15.8. The summed E-state index contributed by atoms with van der Waals surface area (Å²) in [6.45, 7) is 1.89. The fraction of sp³-hybridized carbons (Fsp3) is 0.211. The minimum atomic E-state index is -0.966. The average Bonchev–Trinajstić information content (AvgIpc) is 3.04. The summed E-state index contributed by atoms with van der Waals surface area (Å²) in [7, 11) is 0. The van der Waals surface area contributed by atoms with Crippen LogP contribution in [-0.2, 0) is 11.2 Å². The number of imidazole rings is 1. The molecule has 1 unspecified atom stereocenters. The van der Waals surface area contributed by atoms with Crippen LogP contribution >= 0.6 is 0 Å². The van der Waals surface area contributed by atoms with Crippen molar-refractivity contribution in [3.05, 3.63) is 59.9 Å². The van der Waals surface area contributed by atoms with Crippen molar-refractivity contribution in [1.29, 1.82) is 5.26 Å². The molecule has 0 fully saturated rings. The monoisotopic (exact) mass is 319 g/mol. The van der Waals surface area contributed by atoms with Crippen molar-refractivity contribution >= 4 is 16.8 Å². The molecule has 0 saturated heterocycles. The van der Waals surface area contributed by atoms with Crippen LogP contribution in [0.15, 0.2) is 48.5 Å². The van der Waals surface area contributed by atoms with Crippen molar-refractivity contribution in [2.24, 2.45) is 0 Å². The molecule has 0 aliphatic carbocycles. The third kappa shape index (κ3) is 3.28. The van der Waals surface area contributed by atoms with Crippen LogP contribution in [-0.4, -0.2) is 22.4 Å². The highest BCUT2D eigenvalue weighted by atomic mass is 16.5. The molecule has 5 heteroatoms. The van der Waals surface area contributed by atoms with Gasteiger partial charge in [-0.3, -0.25) is 4.79 Å². The number of hydrogen-bond acceptors (Lipinski definition) is 4. The van der Waals surface area contributed by atoms with Crippen LogP contribution in [0.1, 0.15) is 24.2 Å². The number of aromatic amines is 1.